The smallest absolute Gasteiger partial charge is 0.331 e. The standard InChI is InChI=1S/C20H29NO4/c1-6-25-19(23)20(8-7-16(12-20)24-5)21-18(22)11-17-14(3)9-13(2)10-15(17)4/h9-10,16H,6-8,11-12H2,1-5H3,(H,21,22)/t16-,20-/m1/s1. The lowest BCUT2D eigenvalue weighted by Gasteiger charge is -2.28. The molecule has 0 saturated heterocycles. The van der Waals surface area contributed by atoms with Crippen LogP contribution in [0.25, 0.3) is 0 Å². The molecule has 25 heavy (non-hydrogen) atoms. The minimum absolute atomic E-state index is 0.0347. The number of rotatable bonds is 6. The van der Waals surface area contributed by atoms with Crippen molar-refractivity contribution >= 4 is 11.9 Å². The summed E-state index contributed by atoms with van der Waals surface area (Å²) in [6.45, 7) is 8.14. The zero-order valence-corrected chi connectivity index (χ0v) is 15.9. The fourth-order valence-corrected chi connectivity index (χ4v) is 3.78. The summed E-state index contributed by atoms with van der Waals surface area (Å²) in [4.78, 5) is 25.2. The molecule has 5 nitrogen and oxygen atoms in total. The van der Waals surface area contributed by atoms with E-state index in [2.05, 4.69) is 17.4 Å². The van der Waals surface area contributed by atoms with Gasteiger partial charge in [-0.25, -0.2) is 4.79 Å². The minimum Gasteiger partial charge on any atom is -0.464 e. The Labute approximate surface area is 150 Å². The molecule has 1 aromatic carbocycles. The van der Waals surface area contributed by atoms with Gasteiger partial charge in [-0.15, -0.1) is 0 Å². The van der Waals surface area contributed by atoms with Gasteiger partial charge in [-0.1, -0.05) is 17.7 Å². The normalized spacial score (nSPS) is 22.7. The first kappa shape index (κ1) is 19.4. The van der Waals surface area contributed by atoms with Crippen molar-refractivity contribution in [2.75, 3.05) is 13.7 Å². The van der Waals surface area contributed by atoms with E-state index in [1.54, 1.807) is 14.0 Å². The molecule has 2 rings (SSSR count). The fourth-order valence-electron chi connectivity index (χ4n) is 3.78. The van der Waals surface area contributed by atoms with Crippen LogP contribution >= 0.6 is 0 Å². The number of carbonyl (C=O) groups is 2. The first-order chi connectivity index (χ1) is 11.8. The summed E-state index contributed by atoms with van der Waals surface area (Å²) in [7, 11) is 1.63. The maximum Gasteiger partial charge on any atom is 0.331 e. The lowest BCUT2D eigenvalue weighted by atomic mass is 9.94. The molecule has 1 fully saturated rings. The van der Waals surface area contributed by atoms with Gasteiger partial charge in [-0.2, -0.15) is 0 Å². The summed E-state index contributed by atoms with van der Waals surface area (Å²) >= 11 is 0. The van der Waals surface area contributed by atoms with Crippen LogP contribution in [0.1, 0.15) is 48.4 Å². The Hall–Kier alpha value is -1.88. The number of amides is 1. The Morgan fingerprint density at radius 1 is 1.24 bits per heavy atom. The van der Waals surface area contributed by atoms with Crippen molar-refractivity contribution in [1.82, 2.24) is 5.32 Å². The second-order valence-corrected chi connectivity index (χ2v) is 7.01. The second-order valence-electron chi connectivity index (χ2n) is 7.01. The number of hydrogen-bond donors (Lipinski definition) is 1. The van der Waals surface area contributed by atoms with Crippen LogP contribution in [0.4, 0.5) is 0 Å². The van der Waals surface area contributed by atoms with Crippen LogP contribution in [-0.4, -0.2) is 37.2 Å². The molecular formula is C20H29NO4. The highest BCUT2D eigenvalue weighted by Crippen LogP contribution is 2.33. The molecule has 0 aromatic heterocycles. The van der Waals surface area contributed by atoms with Gasteiger partial charge in [0, 0.05) is 13.5 Å². The second kappa shape index (κ2) is 8.00. The van der Waals surface area contributed by atoms with Gasteiger partial charge in [0.15, 0.2) is 0 Å². The largest absolute Gasteiger partial charge is 0.464 e. The van der Waals surface area contributed by atoms with Gasteiger partial charge in [-0.05, 0) is 57.2 Å². The summed E-state index contributed by atoms with van der Waals surface area (Å²) in [5.74, 6) is -0.514. The molecule has 0 heterocycles. The van der Waals surface area contributed by atoms with Crippen LogP contribution in [0.15, 0.2) is 12.1 Å². The van der Waals surface area contributed by atoms with Gasteiger partial charge >= 0.3 is 5.97 Å². The number of benzene rings is 1. The molecule has 0 spiro atoms. The molecule has 0 aliphatic heterocycles. The van der Waals surface area contributed by atoms with E-state index in [0.29, 0.717) is 19.4 Å². The number of nitrogens with one attached hydrogen (secondary N) is 1. The predicted octanol–water partition coefficient (Wildman–Crippen LogP) is 2.77. The molecule has 1 aliphatic rings. The maximum atomic E-state index is 12.7. The fraction of sp³-hybridized carbons (Fsp3) is 0.600. The van der Waals surface area contributed by atoms with Crippen LogP contribution in [0, 0.1) is 20.8 Å². The molecule has 1 amide bonds. The van der Waals surface area contributed by atoms with Gasteiger partial charge in [0.1, 0.15) is 5.54 Å². The molecular weight excluding hydrogens is 318 g/mol. The number of carbonyl (C=O) groups excluding carboxylic acids is 2. The molecule has 0 bridgehead atoms. The van der Waals surface area contributed by atoms with Gasteiger partial charge in [0.2, 0.25) is 5.91 Å². The van der Waals surface area contributed by atoms with Gasteiger partial charge in [0.25, 0.3) is 0 Å². The minimum atomic E-state index is -0.972. The van der Waals surface area contributed by atoms with Crippen molar-refractivity contribution < 1.29 is 19.1 Å². The summed E-state index contributed by atoms with van der Waals surface area (Å²) in [6.07, 6.45) is 1.96. The average Bonchev–Trinajstić information content (AvgIpc) is 2.95. The molecule has 1 aliphatic carbocycles. The first-order valence-corrected chi connectivity index (χ1v) is 8.89. The highest BCUT2D eigenvalue weighted by molar-refractivity contribution is 5.89. The number of esters is 1. The van der Waals surface area contributed by atoms with Crippen LogP contribution in [0.3, 0.4) is 0 Å². The Bertz CT molecular complexity index is 632. The Morgan fingerprint density at radius 2 is 1.88 bits per heavy atom. The molecule has 0 radical (unpaired) electrons. The highest BCUT2D eigenvalue weighted by atomic mass is 16.5. The Kier molecular flexibility index (Phi) is 6.22. The van der Waals surface area contributed by atoms with Crippen molar-refractivity contribution in [3.63, 3.8) is 0 Å². The highest BCUT2D eigenvalue weighted by Gasteiger charge is 2.48. The van der Waals surface area contributed by atoms with E-state index in [1.165, 1.54) is 5.56 Å². The summed E-state index contributed by atoms with van der Waals surface area (Å²) in [5, 5.41) is 2.97. The number of hydrogen-bond acceptors (Lipinski definition) is 4. The molecule has 2 atom stereocenters. The molecule has 5 heteroatoms. The van der Waals surface area contributed by atoms with E-state index in [9.17, 15) is 9.59 Å². The van der Waals surface area contributed by atoms with Gasteiger partial charge in [0.05, 0.1) is 19.1 Å². The molecule has 1 saturated carbocycles. The van der Waals surface area contributed by atoms with Crippen LogP contribution in [0.2, 0.25) is 0 Å². The van der Waals surface area contributed by atoms with Crippen molar-refractivity contribution in [2.24, 2.45) is 0 Å². The third-order valence-corrected chi connectivity index (χ3v) is 5.03. The molecule has 138 valence electrons. The van der Waals surface area contributed by atoms with E-state index in [1.807, 2.05) is 20.8 Å². The topological polar surface area (TPSA) is 64.6 Å². The lowest BCUT2D eigenvalue weighted by molar-refractivity contribution is -0.153. The summed E-state index contributed by atoms with van der Waals surface area (Å²) < 4.78 is 10.6. The van der Waals surface area contributed by atoms with Crippen LogP contribution in [0.5, 0.6) is 0 Å². The third kappa shape index (κ3) is 4.40. The Morgan fingerprint density at radius 3 is 2.40 bits per heavy atom. The number of ether oxygens (including phenoxy) is 2. The maximum absolute atomic E-state index is 12.7. The third-order valence-electron chi connectivity index (χ3n) is 5.03. The van der Waals surface area contributed by atoms with Crippen molar-refractivity contribution in [2.45, 2.75) is 65.0 Å². The van der Waals surface area contributed by atoms with Crippen LogP contribution in [-0.2, 0) is 25.5 Å². The predicted molar refractivity (Wildman–Crippen MR) is 96.5 cm³/mol. The average molecular weight is 347 g/mol. The van der Waals surface area contributed by atoms with E-state index in [0.717, 1.165) is 23.1 Å². The number of aryl methyl sites for hydroxylation is 3. The monoisotopic (exact) mass is 347 g/mol. The molecule has 1 N–H and O–H groups in total. The van der Waals surface area contributed by atoms with Gasteiger partial charge < -0.3 is 14.8 Å². The summed E-state index contributed by atoms with van der Waals surface area (Å²) in [6, 6.07) is 4.15. The molecule has 0 unspecified atom stereocenters. The lowest BCUT2D eigenvalue weighted by Crippen LogP contribution is -2.54. The van der Waals surface area contributed by atoms with E-state index >= 15 is 0 Å². The van der Waals surface area contributed by atoms with Crippen LogP contribution < -0.4 is 5.32 Å². The first-order valence-electron chi connectivity index (χ1n) is 8.89. The van der Waals surface area contributed by atoms with Gasteiger partial charge in [-0.3, -0.25) is 4.79 Å². The zero-order chi connectivity index (χ0) is 18.6. The Balaban J connectivity index is 2.17. The van der Waals surface area contributed by atoms with Crippen molar-refractivity contribution in [1.29, 1.82) is 0 Å². The molecule has 1 aromatic rings. The zero-order valence-electron chi connectivity index (χ0n) is 15.9. The van der Waals surface area contributed by atoms with Crippen molar-refractivity contribution in [3.8, 4) is 0 Å². The van der Waals surface area contributed by atoms with E-state index in [-0.39, 0.29) is 24.4 Å². The quantitative estimate of drug-likeness (QED) is 0.804. The number of methoxy groups -OCH3 is 1. The van der Waals surface area contributed by atoms with Crippen molar-refractivity contribution in [3.05, 3.63) is 34.4 Å². The van der Waals surface area contributed by atoms with E-state index in [4.69, 9.17) is 9.47 Å². The SMILES string of the molecule is CCOC(=O)[C@@]1(NC(=O)Cc2c(C)cc(C)cc2C)CC[C@@H](OC)C1. The van der Waals surface area contributed by atoms with E-state index < -0.39 is 5.54 Å². The summed E-state index contributed by atoms with van der Waals surface area (Å²) in [5.41, 5.74) is 3.42.